The Morgan fingerprint density at radius 1 is 0.893 bits per heavy atom. The summed E-state index contributed by atoms with van der Waals surface area (Å²) in [5.74, 6) is -6.69. The Hall–Kier alpha value is -3.56. The number of methoxy groups -OCH3 is 2. The minimum absolute atomic E-state index is 0.0136. The van der Waals surface area contributed by atoms with E-state index in [2.05, 4.69) is 20.1 Å². The van der Waals surface area contributed by atoms with Gasteiger partial charge in [-0.1, -0.05) is 0 Å². The molecule has 2 aromatic carbocycles. The van der Waals surface area contributed by atoms with Crippen LogP contribution in [0.1, 0.15) is 20.7 Å². The summed E-state index contributed by atoms with van der Waals surface area (Å²) in [4.78, 5) is 35.5. The number of carbonyl (C=O) groups is 3. The quantitative estimate of drug-likeness (QED) is 0.576. The summed E-state index contributed by atoms with van der Waals surface area (Å²) < 4.78 is 48.9. The standard InChI is InChI=1S/C18H15F3N2O5/c1-27-17(25)9-5-10(18(26)28-2)7-11(6-9)23-14(24)8-22-13-4-3-12(19)15(20)16(13)21/h3-7,22H,8H2,1-2H3,(H,23,24). The molecular weight excluding hydrogens is 381 g/mol. The first-order valence-corrected chi connectivity index (χ1v) is 7.75. The van der Waals surface area contributed by atoms with E-state index >= 15 is 0 Å². The first-order chi connectivity index (χ1) is 13.3. The van der Waals surface area contributed by atoms with E-state index in [4.69, 9.17) is 0 Å². The lowest BCUT2D eigenvalue weighted by Gasteiger charge is -2.11. The summed E-state index contributed by atoms with van der Waals surface area (Å²) in [6.45, 7) is -0.502. The van der Waals surface area contributed by atoms with Crippen LogP contribution in [0.4, 0.5) is 24.5 Å². The maximum Gasteiger partial charge on any atom is 0.337 e. The number of esters is 2. The molecule has 0 aromatic heterocycles. The third kappa shape index (κ3) is 4.78. The number of anilines is 2. The van der Waals surface area contributed by atoms with E-state index in [-0.39, 0.29) is 16.8 Å². The number of benzene rings is 2. The molecule has 7 nitrogen and oxygen atoms in total. The molecule has 0 heterocycles. The van der Waals surface area contributed by atoms with Crippen molar-refractivity contribution in [3.63, 3.8) is 0 Å². The fourth-order valence-corrected chi connectivity index (χ4v) is 2.21. The third-order valence-electron chi connectivity index (χ3n) is 3.53. The lowest BCUT2D eigenvalue weighted by molar-refractivity contribution is -0.114. The highest BCUT2D eigenvalue weighted by molar-refractivity contribution is 6.00. The van der Waals surface area contributed by atoms with Crippen LogP contribution in [0.15, 0.2) is 30.3 Å². The molecule has 0 unspecified atom stereocenters. The summed E-state index contributed by atoms with van der Waals surface area (Å²) in [6.07, 6.45) is 0. The Labute approximate surface area is 157 Å². The van der Waals surface area contributed by atoms with Gasteiger partial charge in [-0.15, -0.1) is 0 Å². The molecule has 0 aliphatic carbocycles. The summed E-state index contributed by atoms with van der Waals surface area (Å²) in [5.41, 5.74) is -0.367. The Morgan fingerprint density at radius 2 is 1.46 bits per heavy atom. The molecule has 2 rings (SSSR count). The van der Waals surface area contributed by atoms with Crippen LogP contribution in [0.5, 0.6) is 0 Å². The summed E-state index contributed by atoms with van der Waals surface area (Å²) in [7, 11) is 2.29. The zero-order valence-corrected chi connectivity index (χ0v) is 14.8. The SMILES string of the molecule is COC(=O)c1cc(NC(=O)CNc2ccc(F)c(F)c2F)cc(C(=O)OC)c1. The maximum absolute atomic E-state index is 13.6. The Bertz CT molecular complexity index is 899. The predicted molar refractivity (Wildman–Crippen MR) is 92.6 cm³/mol. The van der Waals surface area contributed by atoms with Crippen LogP contribution in [0, 0.1) is 17.5 Å². The largest absolute Gasteiger partial charge is 0.465 e. The number of amides is 1. The summed E-state index contributed by atoms with van der Waals surface area (Å²) >= 11 is 0. The summed E-state index contributed by atoms with van der Waals surface area (Å²) in [6, 6.07) is 5.39. The number of carbonyl (C=O) groups excluding carboxylic acids is 3. The zero-order chi connectivity index (χ0) is 20.8. The molecule has 1 amide bonds. The molecule has 28 heavy (non-hydrogen) atoms. The van der Waals surface area contributed by atoms with Gasteiger partial charge < -0.3 is 20.1 Å². The second-order valence-electron chi connectivity index (χ2n) is 5.41. The van der Waals surface area contributed by atoms with E-state index in [1.807, 2.05) is 0 Å². The second kappa shape index (κ2) is 8.89. The average molecular weight is 396 g/mol. The highest BCUT2D eigenvalue weighted by atomic mass is 19.2. The van der Waals surface area contributed by atoms with Gasteiger partial charge in [-0.05, 0) is 30.3 Å². The van der Waals surface area contributed by atoms with Crippen LogP contribution in [-0.4, -0.2) is 38.6 Å². The van der Waals surface area contributed by atoms with Gasteiger partial charge >= 0.3 is 11.9 Å². The predicted octanol–water partition coefficient (Wildman–Crippen LogP) is 2.73. The Morgan fingerprint density at radius 3 is 2.00 bits per heavy atom. The monoisotopic (exact) mass is 396 g/mol. The number of halogens is 3. The third-order valence-corrected chi connectivity index (χ3v) is 3.53. The average Bonchev–Trinajstić information content (AvgIpc) is 2.69. The second-order valence-corrected chi connectivity index (χ2v) is 5.41. The lowest BCUT2D eigenvalue weighted by Crippen LogP contribution is -2.23. The molecule has 0 fully saturated rings. The van der Waals surface area contributed by atoms with Crippen molar-refractivity contribution in [3.8, 4) is 0 Å². The van der Waals surface area contributed by atoms with Gasteiger partial charge in [0.05, 0.1) is 37.6 Å². The number of rotatable bonds is 6. The molecule has 0 aliphatic rings. The van der Waals surface area contributed by atoms with Gasteiger partial charge in [0, 0.05) is 5.69 Å². The molecular formula is C18H15F3N2O5. The van der Waals surface area contributed by atoms with Crippen LogP contribution in [0.25, 0.3) is 0 Å². The lowest BCUT2D eigenvalue weighted by atomic mass is 10.1. The molecule has 148 valence electrons. The molecule has 0 saturated heterocycles. The number of ether oxygens (including phenoxy) is 2. The van der Waals surface area contributed by atoms with Gasteiger partial charge in [0.2, 0.25) is 5.91 Å². The molecule has 0 aliphatic heterocycles. The van der Waals surface area contributed by atoms with E-state index in [1.165, 1.54) is 18.2 Å². The first kappa shape index (κ1) is 20.7. The molecule has 0 spiro atoms. The first-order valence-electron chi connectivity index (χ1n) is 7.75. The minimum atomic E-state index is -1.67. The van der Waals surface area contributed by atoms with Crippen molar-refractivity contribution in [2.75, 3.05) is 31.4 Å². The van der Waals surface area contributed by atoms with Crippen molar-refractivity contribution in [2.45, 2.75) is 0 Å². The normalized spacial score (nSPS) is 10.2. The van der Waals surface area contributed by atoms with Crippen molar-refractivity contribution < 1.29 is 37.0 Å². The molecule has 0 saturated carbocycles. The van der Waals surface area contributed by atoms with Crippen LogP contribution in [0.3, 0.4) is 0 Å². The van der Waals surface area contributed by atoms with E-state index in [0.29, 0.717) is 6.07 Å². The van der Waals surface area contributed by atoms with E-state index < -0.39 is 47.5 Å². The molecule has 10 heteroatoms. The fourth-order valence-electron chi connectivity index (χ4n) is 2.21. The molecule has 0 radical (unpaired) electrons. The van der Waals surface area contributed by atoms with Gasteiger partial charge in [0.25, 0.3) is 0 Å². The van der Waals surface area contributed by atoms with Crippen LogP contribution in [0.2, 0.25) is 0 Å². The number of hydrogen-bond acceptors (Lipinski definition) is 6. The van der Waals surface area contributed by atoms with Gasteiger partial charge in [0.1, 0.15) is 0 Å². The van der Waals surface area contributed by atoms with Crippen molar-refractivity contribution in [3.05, 3.63) is 58.9 Å². The van der Waals surface area contributed by atoms with Crippen LogP contribution >= 0.6 is 0 Å². The van der Waals surface area contributed by atoms with Gasteiger partial charge in [-0.25, -0.2) is 22.8 Å². The maximum atomic E-state index is 13.6. The van der Waals surface area contributed by atoms with E-state index in [9.17, 15) is 27.6 Å². The van der Waals surface area contributed by atoms with Crippen molar-refractivity contribution in [2.24, 2.45) is 0 Å². The van der Waals surface area contributed by atoms with E-state index in [0.717, 1.165) is 20.3 Å². The number of hydrogen-bond donors (Lipinski definition) is 2. The van der Waals surface area contributed by atoms with Crippen molar-refractivity contribution in [1.82, 2.24) is 0 Å². The minimum Gasteiger partial charge on any atom is -0.465 e. The van der Waals surface area contributed by atoms with Gasteiger partial charge in [-0.2, -0.15) is 0 Å². The van der Waals surface area contributed by atoms with Crippen LogP contribution < -0.4 is 10.6 Å². The Kier molecular flexibility index (Phi) is 6.59. The Balaban J connectivity index is 2.15. The fraction of sp³-hybridized carbons (Fsp3) is 0.167. The molecule has 0 bridgehead atoms. The van der Waals surface area contributed by atoms with Crippen molar-refractivity contribution in [1.29, 1.82) is 0 Å². The molecule has 2 aromatic rings. The highest BCUT2D eigenvalue weighted by Gasteiger charge is 2.16. The molecule has 2 N–H and O–H groups in total. The van der Waals surface area contributed by atoms with E-state index in [1.54, 1.807) is 0 Å². The topological polar surface area (TPSA) is 93.7 Å². The smallest absolute Gasteiger partial charge is 0.337 e. The zero-order valence-electron chi connectivity index (χ0n) is 14.8. The van der Waals surface area contributed by atoms with Crippen molar-refractivity contribution >= 4 is 29.2 Å². The molecule has 0 atom stereocenters. The van der Waals surface area contributed by atoms with Gasteiger partial charge in [-0.3, -0.25) is 4.79 Å². The van der Waals surface area contributed by atoms with Gasteiger partial charge in [0.15, 0.2) is 17.5 Å². The highest BCUT2D eigenvalue weighted by Crippen LogP contribution is 2.20. The number of nitrogens with one attached hydrogen (secondary N) is 2. The van der Waals surface area contributed by atoms with Crippen LogP contribution in [-0.2, 0) is 14.3 Å². The summed E-state index contributed by atoms with van der Waals surface area (Å²) in [5, 5.41) is 4.71.